The number of carbonyl (C=O) groups excluding carboxylic acids is 1. The predicted molar refractivity (Wildman–Crippen MR) is 48.4 cm³/mol. The fourth-order valence-corrected chi connectivity index (χ4v) is 1.32. The lowest BCUT2D eigenvalue weighted by molar-refractivity contribution is 0.0999. The molecule has 66 valence electrons. The third-order valence-corrected chi connectivity index (χ3v) is 2.00. The van der Waals surface area contributed by atoms with Crippen molar-refractivity contribution in [3.63, 3.8) is 0 Å². The maximum absolute atomic E-state index is 11.0. The molecule has 2 rings (SSSR count). The molecule has 0 radical (unpaired) electrons. The van der Waals surface area contributed by atoms with Crippen LogP contribution in [-0.2, 0) is 0 Å². The Bertz CT molecular complexity index is 473. The van der Waals surface area contributed by atoms with Gasteiger partial charge in [-0.2, -0.15) is 0 Å². The Morgan fingerprint density at radius 2 is 2.38 bits per heavy atom. The molecule has 0 spiro atoms. The van der Waals surface area contributed by atoms with Gasteiger partial charge in [0.05, 0.1) is 5.56 Å². The Kier molecular flexibility index (Phi) is 1.55. The van der Waals surface area contributed by atoms with Crippen LogP contribution in [0.2, 0.25) is 0 Å². The molecule has 4 nitrogen and oxygen atoms in total. The second-order valence-corrected chi connectivity index (χ2v) is 2.93. The highest BCUT2D eigenvalue weighted by molar-refractivity contribution is 5.94. The topological polar surface area (TPSA) is 60.4 Å². The van der Waals surface area contributed by atoms with Gasteiger partial charge in [-0.25, -0.2) is 4.98 Å². The molecule has 0 saturated heterocycles. The normalized spacial score (nSPS) is 10.5. The lowest BCUT2D eigenvalue weighted by Gasteiger charge is -2.01. The Morgan fingerprint density at radius 1 is 1.62 bits per heavy atom. The van der Waals surface area contributed by atoms with Gasteiger partial charge in [0.2, 0.25) is 5.91 Å². The van der Waals surface area contributed by atoms with Gasteiger partial charge in [0.15, 0.2) is 0 Å². The van der Waals surface area contributed by atoms with Crippen molar-refractivity contribution in [2.24, 2.45) is 5.73 Å². The molecule has 2 aromatic heterocycles. The summed E-state index contributed by atoms with van der Waals surface area (Å²) in [6, 6.07) is 1.83. The van der Waals surface area contributed by atoms with E-state index in [9.17, 15) is 4.79 Å². The monoisotopic (exact) mass is 175 g/mol. The smallest absolute Gasteiger partial charge is 0.250 e. The SMILES string of the molecule is Cc1cc2nccn2cc1C(N)=O. The number of hydrogen-bond donors (Lipinski definition) is 1. The Morgan fingerprint density at radius 3 is 3.08 bits per heavy atom. The molecular weight excluding hydrogens is 166 g/mol. The molecule has 1 amide bonds. The van der Waals surface area contributed by atoms with E-state index in [1.165, 1.54) is 0 Å². The Hall–Kier alpha value is -1.84. The van der Waals surface area contributed by atoms with Crippen LogP contribution in [0.1, 0.15) is 15.9 Å². The lowest BCUT2D eigenvalue weighted by atomic mass is 10.1. The molecule has 4 heteroatoms. The highest BCUT2D eigenvalue weighted by Crippen LogP contribution is 2.10. The first-order valence-electron chi connectivity index (χ1n) is 3.91. The molecule has 2 aromatic rings. The number of hydrogen-bond acceptors (Lipinski definition) is 2. The van der Waals surface area contributed by atoms with Crippen molar-refractivity contribution in [2.75, 3.05) is 0 Å². The fraction of sp³-hybridized carbons (Fsp3) is 0.111. The van der Waals surface area contributed by atoms with E-state index in [0.29, 0.717) is 5.56 Å². The first kappa shape index (κ1) is 7.79. The minimum Gasteiger partial charge on any atom is -0.366 e. The molecular formula is C9H9N3O. The molecule has 0 aliphatic rings. The summed E-state index contributed by atoms with van der Waals surface area (Å²) in [4.78, 5) is 15.1. The van der Waals surface area contributed by atoms with Crippen molar-refractivity contribution in [3.05, 3.63) is 35.8 Å². The van der Waals surface area contributed by atoms with Crippen LogP contribution in [0.4, 0.5) is 0 Å². The van der Waals surface area contributed by atoms with Crippen LogP contribution in [0.15, 0.2) is 24.7 Å². The van der Waals surface area contributed by atoms with Gasteiger partial charge in [0.1, 0.15) is 5.65 Å². The third-order valence-electron chi connectivity index (χ3n) is 2.00. The molecule has 0 aliphatic heterocycles. The van der Waals surface area contributed by atoms with Gasteiger partial charge >= 0.3 is 0 Å². The number of nitrogens with two attached hydrogens (primary N) is 1. The quantitative estimate of drug-likeness (QED) is 0.694. The van der Waals surface area contributed by atoms with Crippen LogP contribution in [0, 0.1) is 6.92 Å². The summed E-state index contributed by atoms with van der Waals surface area (Å²) in [5, 5.41) is 0. The molecule has 0 atom stereocenters. The average molecular weight is 175 g/mol. The zero-order valence-electron chi connectivity index (χ0n) is 7.19. The van der Waals surface area contributed by atoms with Crippen LogP contribution >= 0.6 is 0 Å². The molecule has 2 N–H and O–H groups in total. The van der Waals surface area contributed by atoms with Gasteiger partial charge in [-0.05, 0) is 18.6 Å². The molecule has 13 heavy (non-hydrogen) atoms. The summed E-state index contributed by atoms with van der Waals surface area (Å²) in [7, 11) is 0. The number of aryl methyl sites for hydroxylation is 1. The minimum atomic E-state index is -0.409. The van der Waals surface area contributed by atoms with Crippen LogP contribution in [0.3, 0.4) is 0 Å². The average Bonchev–Trinajstić information content (AvgIpc) is 2.48. The summed E-state index contributed by atoms with van der Waals surface area (Å²) in [5.41, 5.74) is 7.41. The number of amides is 1. The Balaban J connectivity index is 2.76. The molecule has 0 fully saturated rings. The third kappa shape index (κ3) is 1.16. The van der Waals surface area contributed by atoms with Crippen LogP contribution in [0.25, 0.3) is 5.65 Å². The van der Waals surface area contributed by atoms with Crippen molar-refractivity contribution in [2.45, 2.75) is 6.92 Å². The van der Waals surface area contributed by atoms with Gasteiger partial charge in [0.25, 0.3) is 0 Å². The maximum atomic E-state index is 11.0. The van der Waals surface area contributed by atoms with Gasteiger partial charge in [-0.1, -0.05) is 0 Å². The summed E-state index contributed by atoms with van der Waals surface area (Å²) >= 11 is 0. The second kappa shape index (κ2) is 2.58. The van der Waals surface area contributed by atoms with E-state index < -0.39 is 5.91 Å². The number of fused-ring (bicyclic) bond motifs is 1. The van der Waals surface area contributed by atoms with Gasteiger partial charge in [-0.3, -0.25) is 4.79 Å². The van der Waals surface area contributed by atoms with E-state index in [2.05, 4.69) is 4.98 Å². The van der Waals surface area contributed by atoms with E-state index in [-0.39, 0.29) is 0 Å². The molecule has 0 saturated carbocycles. The number of rotatable bonds is 1. The lowest BCUT2D eigenvalue weighted by Crippen LogP contribution is -2.13. The summed E-state index contributed by atoms with van der Waals surface area (Å²) in [6.07, 6.45) is 5.15. The maximum Gasteiger partial charge on any atom is 0.250 e. The first-order chi connectivity index (χ1) is 6.18. The van der Waals surface area contributed by atoms with Crippen molar-refractivity contribution < 1.29 is 4.79 Å². The zero-order valence-corrected chi connectivity index (χ0v) is 7.19. The van der Waals surface area contributed by atoms with Crippen molar-refractivity contribution in [3.8, 4) is 0 Å². The van der Waals surface area contributed by atoms with Crippen molar-refractivity contribution in [1.82, 2.24) is 9.38 Å². The van der Waals surface area contributed by atoms with Gasteiger partial charge < -0.3 is 10.1 Å². The number of aromatic nitrogens is 2. The van der Waals surface area contributed by atoms with Gasteiger partial charge in [-0.15, -0.1) is 0 Å². The number of imidazole rings is 1. The number of nitrogens with zero attached hydrogens (tertiary/aromatic N) is 2. The van der Waals surface area contributed by atoms with E-state index in [4.69, 9.17) is 5.73 Å². The minimum absolute atomic E-state index is 0.409. The van der Waals surface area contributed by atoms with Crippen LogP contribution in [0.5, 0.6) is 0 Å². The van der Waals surface area contributed by atoms with Crippen LogP contribution < -0.4 is 5.73 Å². The van der Waals surface area contributed by atoms with Crippen LogP contribution in [-0.4, -0.2) is 15.3 Å². The first-order valence-corrected chi connectivity index (χ1v) is 3.91. The second-order valence-electron chi connectivity index (χ2n) is 2.93. The molecule has 0 aromatic carbocycles. The van der Waals surface area contributed by atoms with Crippen molar-refractivity contribution in [1.29, 1.82) is 0 Å². The number of carbonyl (C=O) groups is 1. The number of primary amides is 1. The fourth-order valence-electron chi connectivity index (χ4n) is 1.32. The molecule has 0 bridgehead atoms. The molecule has 2 heterocycles. The zero-order chi connectivity index (χ0) is 9.42. The Labute approximate surface area is 75.0 Å². The summed E-state index contributed by atoms with van der Waals surface area (Å²) in [5.74, 6) is -0.409. The summed E-state index contributed by atoms with van der Waals surface area (Å²) < 4.78 is 1.77. The van der Waals surface area contributed by atoms with E-state index in [1.807, 2.05) is 13.0 Å². The highest BCUT2D eigenvalue weighted by Gasteiger charge is 2.06. The van der Waals surface area contributed by atoms with Crippen molar-refractivity contribution >= 4 is 11.6 Å². The predicted octanol–water partition coefficient (Wildman–Crippen LogP) is 0.742. The van der Waals surface area contributed by atoms with E-state index in [0.717, 1.165) is 11.2 Å². The molecule has 0 unspecified atom stereocenters. The number of pyridine rings is 1. The largest absolute Gasteiger partial charge is 0.366 e. The summed E-state index contributed by atoms with van der Waals surface area (Å²) in [6.45, 7) is 1.84. The van der Waals surface area contributed by atoms with E-state index >= 15 is 0 Å². The molecule has 0 aliphatic carbocycles. The van der Waals surface area contributed by atoms with Gasteiger partial charge in [0, 0.05) is 18.6 Å². The standard InChI is InChI=1S/C9H9N3O/c1-6-4-8-11-2-3-12(8)5-7(6)9(10)13/h2-5H,1H3,(H2,10,13). The highest BCUT2D eigenvalue weighted by atomic mass is 16.1. The van der Waals surface area contributed by atoms with E-state index in [1.54, 1.807) is 23.0 Å².